The van der Waals surface area contributed by atoms with E-state index in [1.807, 2.05) is 36.4 Å². The molecule has 0 fully saturated rings. The first-order valence-corrected chi connectivity index (χ1v) is 15.9. The van der Waals surface area contributed by atoms with Crippen LogP contribution in [0.5, 0.6) is 0 Å². The molecule has 2 amide bonds. The maximum absolute atomic E-state index is 13.7. The number of benzene rings is 5. The van der Waals surface area contributed by atoms with Gasteiger partial charge in [-0.1, -0.05) is 101 Å². The van der Waals surface area contributed by atoms with Crippen LogP contribution in [0.25, 0.3) is 43.1 Å². The van der Waals surface area contributed by atoms with Crippen molar-refractivity contribution >= 4 is 66.5 Å². The highest BCUT2D eigenvalue weighted by atomic mass is 16.2. The van der Waals surface area contributed by atoms with Crippen molar-refractivity contribution in [1.82, 2.24) is 4.90 Å². The van der Waals surface area contributed by atoms with E-state index >= 15 is 0 Å². The van der Waals surface area contributed by atoms with Gasteiger partial charge in [0.05, 0.1) is 0 Å². The van der Waals surface area contributed by atoms with E-state index in [-0.39, 0.29) is 23.4 Å². The number of ketones is 2. The third-order valence-electron chi connectivity index (χ3n) is 9.35. The van der Waals surface area contributed by atoms with Gasteiger partial charge in [-0.25, -0.2) is 0 Å². The molecule has 5 nitrogen and oxygen atoms in total. The van der Waals surface area contributed by atoms with Gasteiger partial charge in [0, 0.05) is 39.6 Å². The van der Waals surface area contributed by atoms with Crippen molar-refractivity contribution in [3.63, 3.8) is 0 Å². The quantitative estimate of drug-likeness (QED) is 0.0462. The zero-order valence-electron chi connectivity index (χ0n) is 25.5. The molecule has 1 heterocycles. The summed E-state index contributed by atoms with van der Waals surface area (Å²) in [5.41, 5.74) is 2.16. The number of carbonyl (C=O) groups excluding carboxylic acids is 4. The molecule has 0 atom stereocenters. The zero-order chi connectivity index (χ0) is 30.2. The van der Waals surface area contributed by atoms with Crippen molar-refractivity contribution in [3.8, 4) is 0 Å². The van der Waals surface area contributed by atoms with Crippen LogP contribution < -0.4 is 0 Å². The van der Waals surface area contributed by atoms with Crippen LogP contribution in [0.15, 0.2) is 48.5 Å². The van der Waals surface area contributed by atoms with Crippen molar-refractivity contribution in [2.24, 2.45) is 0 Å². The number of nitrogens with zero attached hydrogens (tertiary/aromatic N) is 1. The van der Waals surface area contributed by atoms with Crippen LogP contribution >= 0.6 is 0 Å². The van der Waals surface area contributed by atoms with Crippen molar-refractivity contribution in [3.05, 3.63) is 70.8 Å². The average Bonchev–Trinajstić information content (AvgIpc) is 3.00. The fourth-order valence-electron chi connectivity index (χ4n) is 7.18. The van der Waals surface area contributed by atoms with Gasteiger partial charge in [0.2, 0.25) is 0 Å². The lowest BCUT2D eigenvalue weighted by Gasteiger charge is -2.28. The van der Waals surface area contributed by atoms with Crippen molar-refractivity contribution < 1.29 is 19.2 Å². The number of Topliss-reactive ketones (excluding diaryl/α,β-unsaturated/α-hetero) is 2. The molecule has 0 bridgehead atoms. The van der Waals surface area contributed by atoms with Crippen LogP contribution in [-0.4, -0.2) is 34.8 Å². The molecule has 0 unspecified atom stereocenters. The molecule has 1 aliphatic heterocycles. The lowest BCUT2D eigenvalue weighted by atomic mass is 9.82. The predicted octanol–water partition coefficient (Wildman–Crippen LogP) is 9.66. The second kappa shape index (κ2) is 11.9. The van der Waals surface area contributed by atoms with Gasteiger partial charge in [0.25, 0.3) is 11.8 Å². The Morgan fingerprint density at radius 2 is 0.907 bits per heavy atom. The average molecular weight is 574 g/mol. The summed E-state index contributed by atoms with van der Waals surface area (Å²) in [4.78, 5) is 54.2. The Morgan fingerprint density at radius 1 is 0.512 bits per heavy atom. The summed E-state index contributed by atoms with van der Waals surface area (Å²) >= 11 is 0. The number of hydrogen-bond acceptors (Lipinski definition) is 4. The first kappa shape index (κ1) is 29.0. The molecule has 0 radical (unpaired) electrons. The molecule has 0 saturated heterocycles. The van der Waals surface area contributed by atoms with E-state index in [9.17, 15) is 19.2 Å². The summed E-state index contributed by atoms with van der Waals surface area (Å²) in [6, 6.07) is 15.1. The third-order valence-corrected chi connectivity index (χ3v) is 9.35. The largest absolute Gasteiger partial charge is 0.294 e. The number of unbranched alkanes of at least 4 members (excludes halogenated alkanes) is 9. The minimum Gasteiger partial charge on any atom is -0.294 e. The van der Waals surface area contributed by atoms with Gasteiger partial charge in [-0.15, -0.1) is 0 Å². The van der Waals surface area contributed by atoms with E-state index in [2.05, 4.69) is 6.92 Å². The molecule has 6 rings (SSSR count). The molecule has 0 spiro atoms. The van der Waals surface area contributed by atoms with Gasteiger partial charge in [-0.05, 0) is 64.7 Å². The van der Waals surface area contributed by atoms with Crippen LogP contribution in [-0.2, 0) is 0 Å². The molecule has 1 aliphatic rings. The van der Waals surface area contributed by atoms with Gasteiger partial charge >= 0.3 is 0 Å². The normalized spacial score (nSPS) is 13.3. The molecule has 0 N–H and O–H groups in total. The Labute approximate surface area is 252 Å². The van der Waals surface area contributed by atoms with Gasteiger partial charge in [0.1, 0.15) is 0 Å². The number of amides is 2. The van der Waals surface area contributed by atoms with Crippen LogP contribution in [0.2, 0.25) is 0 Å². The Bertz CT molecular complexity index is 1800. The number of fused-ring (bicyclic) bond motifs is 2. The molecule has 0 aliphatic carbocycles. The SMILES string of the molecule is CCCCCCCCCCCCN1C(=O)c2ccc3c4ccc(C(C)=O)c5c(C(C)=O)ccc(c6ccc(c2c36)C1=O)c54. The summed E-state index contributed by atoms with van der Waals surface area (Å²) in [5.74, 6) is -0.652. The number of hydrogen-bond donors (Lipinski definition) is 0. The van der Waals surface area contributed by atoms with Gasteiger partial charge in [-0.2, -0.15) is 0 Å². The monoisotopic (exact) mass is 573 g/mol. The highest BCUT2D eigenvalue weighted by molar-refractivity contribution is 6.40. The van der Waals surface area contributed by atoms with Crippen molar-refractivity contribution in [1.29, 1.82) is 0 Å². The Balaban J connectivity index is 1.34. The molecule has 0 saturated carbocycles. The Morgan fingerprint density at radius 3 is 1.35 bits per heavy atom. The van der Waals surface area contributed by atoms with E-state index in [0.717, 1.165) is 51.6 Å². The summed E-state index contributed by atoms with van der Waals surface area (Å²) in [6.07, 6.45) is 12.0. The molecular weight excluding hydrogens is 534 g/mol. The topological polar surface area (TPSA) is 71.5 Å². The Hall–Kier alpha value is -4.12. The fourth-order valence-corrected chi connectivity index (χ4v) is 7.18. The first-order chi connectivity index (χ1) is 20.8. The van der Waals surface area contributed by atoms with Crippen LogP contribution in [0.1, 0.15) is 126 Å². The minimum absolute atomic E-state index is 0.0964. The summed E-state index contributed by atoms with van der Waals surface area (Å²) < 4.78 is 0. The highest BCUT2D eigenvalue weighted by Crippen LogP contribution is 2.45. The van der Waals surface area contributed by atoms with Gasteiger partial charge in [-0.3, -0.25) is 24.1 Å². The van der Waals surface area contributed by atoms with Crippen molar-refractivity contribution in [2.75, 3.05) is 6.54 Å². The zero-order valence-corrected chi connectivity index (χ0v) is 25.5. The minimum atomic E-state index is -0.230. The molecule has 0 aromatic heterocycles. The second-order valence-electron chi connectivity index (χ2n) is 12.2. The van der Waals surface area contributed by atoms with E-state index in [1.54, 1.807) is 12.1 Å². The predicted molar refractivity (Wildman–Crippen MR) is 175 cm³/mol. The molecule has 5 heteroatoms. The van der Waals surface area contributed by atoms with Crippen LogP contribution in [0, 0.1) is 0 Å². The van der Waals surface area contributed by atoms with E-state index in [4.69, 9.17) is 0 Å². The summed E-state index contributed by atoms with van der Waals surface area (Å²) in [6.45, 7) is 5.72. The van der Waals surface area contributed by atoms with Gasteiger partial charge in [0.15, 0.2) is 11.6 Å². The van der Waals surface area contributed by atoms with Crippen molar-refractivity contribution in [2.45, 2.75) is 85.0 Å². The molecular formula is C38H39NO4. The molecule has 5 aromatic carbocycles. The van der Waals surface area contributed by atoms with Crippen LogP contribution in [0.4, 0.5) is 0 Å². The van der Waals surface area contributed by atoms with E-state index in [0.29, 0.717) is 39.6 Å². The Kier molecular flexibility index (Phi) is 8.00. The van der Waals surface area contributed by atoms with Gasteiger partial charge < -0.3 is 0 Å². The van der Waals surface area contributed by atoms with E-state index < -0.39 is 0 Å². The molecule has 220 valence electrons. The number of rotatable bonds is 13. The van der Waals surface area contributed by atoms with E-state index in [1.165, 1.54) is 63.7 Å². The molecule has 5 aromatic rings. The maximum atomic E-state index is 13.7. The second-order valence-corrected chi connectivity index (χ2v) is 12.2. The number of carbonyl (C=O) groups is 4. The smallest absolute Gasteiger partial charge is 0.261 e. The highest BCUT2D eigenvalue weighted by Gasteiger charge is 2.34. The standard InChI is InChI=1S/C38H39NO4/c1-4-5-6-7-8-9-10-11-12-13-22-39-37(42)31-20-18-29-27-16-14-25(23(2)40)33-26(24(3)41)15-17-28(34(27)33)30-19-21-32(38(39)43)36(31)35(29)30/h14-21H,4-13,22H2,1-3H3. The maximum Gasteiger partial charge on any atom is 0.261 e. The number of imide groups is 1. The fraction of sp³-hybridized carbons (Fsp3) is 0.368. The summed E-state index contributed by atoms with van der Waals surface area (Å²) in [7, 11) is 0. The molecule has 43 heavy (non-hydrogen) atoms. The third kappa shape index (κ3) is 4.89. The first-order valence-electron chi connectivity index (χ1n) is 15.9. The lowest BCUT2D eigenvalue weighted by Crippen LogP contribution is -2.40. The lowest BCUT2D eigenvalue weighted by molar-refractivity contribution is 0.0607. The van der Waals surface area contributed by atoms with Crippen LogP contribution in [0.3, 0.4) is 0 Å². The summed E-state index contributed by atoms with van der Waals surface area (Å²) in [5, 5.41) is 6.75.